The summed E-state index contributed by atoms with van der Waals surface area (Å²) in [4.78, 5) is 58.0. The van der Waals surface area contributed by atoms with Crippen LogP contribution in [0.5, 0.6) is 0 Å². The number of benzene rings is 5. The van der Waals surface area contributed by atoms with Gasteiger partial charge in [-0.25, -0.2) is 8.78 Å². The summed E-state index contributed by atoms with van der Waals surface area (Å²) in [6.45, 7) is 0. The van der Waals surface area contributed by atoms with Crippen molar-refractivity contribution in [3.63, 3.8) is 0 Å². The predicted molar refractivity (Wildman–Crippen MR) is 162 cm³/mol. The van der Waals surface area contributed by atoms with E-state index in [1.54, 1.807) is 24.3 Å². The molecular weight excluding hydrogens is 562 g/mol. The molecule has 5 aromatic rings. The molecule has 8 heteroatoms. The van der Waals surface area contributed by atoms with E-state index in [0.29, 0.717) is 43.4 Å². The maximum absolute atomic E-state index is 16.4. The summed E-state index contributed by atoms with van der Waals surface area (Å²) < 4.78 is 32.7. The SMILES string of the molecule is O=C1c2ccc3c4c(F)cc5c6c(ccc(c7c(F)cc(c2c37)C(=O)N1C1CCCCC1)c64)C(=O)N(C1CCCCC1)C5=O. The third-order valence-corrected chi connectivity index (χ3v) is 10.7. The van der Waals surface area contributed by atoms with E-state index < -0.39 is 35.3 Å². The number of carbonyl (C=O) groups excluding carboxylic acids is 4. The fourth-order valence-electron chi connectivity index (χ4n) is 8.75. The molecule has 9 rings (SSSR count). The van der Waals surface area contributed by atoms with Gasteiger partial charge in [0, 0.05) is 55.5 Å². The molecule has 2 heterocycles. The highest BCUT2D eigenvalue weighted by Gasteiger charge is 2.42. The molecular formula is C36H28F2N2O4. The lowest BCUT2D eigenvalue weighted by Gasteiger charge is -2.37. The number of imide groups is 2. The van der Waals surface area contributed by atoms with E-state index in [1.807, 2.05) is 0 Å². The van der Waals surface area contributed by atoms with Gasteiger partial charge >= 0.3 is 0 Å². The van der Waals surface area contributed by atoms with Gasteiger partial charge in [0.05, 0.1) is 11.1 Å². The lowest BCUT2D eigenvalue weighted by Crippen LogP contribution is -2.48. The number of amides is 4. The van der Waals surface area contributed by atoms with Crippen molar-refractivity contribution in [2.75, 3.05) is 0 Å². The number of carbonyl (C=O) groups is 4. The monoisotopic (exact) mass is 590 g/mol. The van der Waals surface area contributed by atoms with Crippen LogP contribution in [0.4, 0.5) is 8.78 Å². The van der Waals surface area contributed by atoms with E-state index in [9.17, 15) is 19.2 Å². The van der Waals surface area contributed by atoms with Crippen molar-refractivity contribution in [2.24, 2.45) is 0 Å². The molecule has 2 saturated carbocycles. The average molecular weight is 591 g/mol. The quantitative estimate of drug-likeness (QED) is 0.119. The van der Waals surface area contributed by atoms with Crippen molar-refractivity contribution in [1.82, 2.24) is 9.80 Å². The summed E-state index contributed by atoms with van der Waals surface area (Å²) in [6, 6.07) is 8.38. The number of nitrogens with zero attached hydrogens (tertiary/aromatic N) is 2. The van der Waals surface area contributed by atoms with Gasteiger partial charge in [0.25, 0.3) is 23.6 Å². The Labute approximate surface area is 250 Å². The largest absolute Gasteiger partial charge is 0.271 e. The Hall–Kier alpha value is -4.46. The van der Waals surface area contributed by atoms with E-state index in [0.717, 1.165) is 64.2 Å². The predicted octanol–water partition coefficient (Wildman–Crippen LogP) is 7.87. The first kappa shape index (κ1) is 26.0. The highest BCUT2D eigenvalue weighted by Crippen LogP contribution is 2.48. The summed E-state index contributed by atoms with van der Waals surface area (Å²) in [7, 11) is 0. The molecule has 0 saturated heterocycles. The van der Waals surface area contributed by atoms with Crippen molar-refractivity contribution < 1.29 is 28.0 Å². The van der Waals surface area contributed by atoms with Crippen LogP contribution in [0, 0.1) is 11.6 Å². The van der Waals surface area contributed by atoms with Crippen LogP contribution in [0.1, 0.15) is 106 Å². The molecule has 2 fully saturated rings. The van der Waals surface area contributed by atoms with E-state index in [-0.39, 0.29) is 34.0 Å². The molecule has 6 nitrogen and oxygen atoms in total. The van der Waals surface area contributed by atoms with Gasteiger partial charge in [-0.3, -0.25) is 29.0 Å². The number of fused-ring (bicyclic) bond motifs is 2. The highest BCUT2D eigenvalue weighted by atomic mass is 19.1. The molecule has 220 valence electrons. The standard InChI is InChI=1S/C36H28F2N2O4/c37-25-15-23-27-21(33(41)39(35(23)43)17-7-3-1-4-8-17)13-11-19-30-26(38)16-24-28-22(14-12-20(32(28)30)29(25)31(19)27)34(42)40(36(24)44)18-9-5-2-6-10-18/h11-18H,1-10H2. The van der Waals surface area contributed by atoms with Gasteiger partial charge in [0.2, 0.25) is 0 Å². The zero-order chi connectivity index (χ0) is 30.0. The van der Waals surface area contributed by atoms with Crippen molar-refractivity contribution in [1.29, 1.82) is 0 Å². The summed E-state index contributed by atoms with van der Waals surface area (Å²) in [5, 5.41) is 2.27. The van der Waals surface area contributed by atoms with Crippen LogP contribution in [0.3, 0.4) is 0 Å². The molecule has 0 aromatic heterocycles. The molecule has 0 bridgehead atoms. The number of hydrogen-bond acceptors (Lipinski definition) is 4. The normalized spacial score (nSPS) is 20.0. The minimum atomic E-state index is -0.666. The average Bonchev–Trinajstić information content (AvgIpc) is 3.04. The second-order valence-electron chi connectivity index (χ2n) is 12.9. The summed E-state index contributed by atoms with van der Waals surface area (Å²) in [6.07, 6.45) is 8.66. The van der Waals surface area contributed by atoms with Gasteiger partial charge in [-0.15, -0.1) is 0 Å². The highest BCUT2D eigenvalue weighted by molar-refractivity contribution is 6.41. The molecule has 2 aliphatic heterocycles. The van der Waals surface area contributed by atoms with Crippen LogP contribution >= 0.6 is 0 Å². The van der Waals surface area contributed by atoms with Crippen LogP contribution < -0.4 is 0 Å². The molecule has 0 spiro atoms. The number of hydrogen-bond donors (Lipinski definition) is 0. The smallest absolute Gasteiger partial charge is 0.261 e. The molecule has 4 aliphatic rings. The van der Waals surface area contributed by atoms with Crippen LogP contribution in [0.25, 0.3) is 43.1 Å². The summed E-state index contributed by atoms with van der Waals surface area (Å²) in [5.41, 5.74) is 0.804. The van der Waals surface area contributed by atoms with Crippen LogP contribution in [0.15, 0.2) is 36.4 Å². The summed E-state index contributed by atoms with van der Waals surface area (Å²) >= 11 is 0. The van der Waals surface area contributed by atoms with Crippen molar-refractivity contribution in [2.45, 2.75) is 76.3 Å². The number of rotatable bonds is 2. The summed E-state index contributed by atoms with van der Waals surface area (Å²) in [5.74, 6) is -3.19. The second kappa shape index (κ2) is 9.03. The third-order valence-electron chi connectivity index (χ3n) is 10.7. The van der Waals surface area contributed by atoms with Gasteiger partial charge < -0.3 is 0 Å². The van der Waals surface area contributed by atoms with E-state index >= 15 is 8.78 Å². The first-order chi connectivity index (χ1) is 21.4. The maximum Gasteiger partial charge on any atom is 0.261 e. The Balaban J connectivity index is 1.34. The second-order valence-corrected chi connectivity index (χ2v) is 12.9. The van der Waals surface area contributed by atoms with Crippen LogP contribution in [0.2, 0.25) is 0 Å². The first-order valence-electron chi connectivity index (χ1n) is 15.7. The molecule has 0 unspecified atom stereocenters. The van der Waals surface area contributed by atoms with Gasteiger partial charge in [-0.2, -0.15) is 0 Å². The Morgan fingerprint density at radius 3 is 1.20 bits per heavy atom. The first-order valence-corrected chi connectivity index (χ1v) is 15.7. The lowest BCUT2D eigenvalue weighted by atomic mass is 9.81. The molecule has 2 aliphatic carbocycles. The van der Waals surface area contributed by atoms with Crippen molar-refractivity contribution in [3.8, 4) is 0 Å². The van der Waals surface area contributed by atoms with E-state index in [2.05, 4.69) is 0 Å². The van der Waals surface area contributed by atoms with E-state index in [4.69, 9.17) is 0 Å². The Morgan fingerprint density at radius 2 is 0.818 bits per heavy atom. The lowest BCUT2D eigenvalue weighted by molar-refractivity contribution is 0.0487. The van der Waals surface area contributed by atoms with Gasteiger partial charge in [0.15, 0.2) is 0 Å². The van der Waals surface area contributed by atoms with Gasteiger partial charge in [0.1, 0.15) is 11.6 Å². The molecule has 44 heavy (non-hydrogen) atoms. The topological polar surface area (TPSA) is 74.8 Å². The zero-order valence-electron chi connectivity index (χ0n) is 24.0. The van der Waals surface area contributed by atoms with Crippen molar-refractivity contribution >= 4 is 66.7 Å². The number of halogens is 2. The minimum absolute atomic E-state index is 0.103. The van der Waals surface area contributed by atoms with Crippen molar-refractivity contribution in [3.05, 3.63) is 70.3 Å². The fourth-order valence-corrected chi connectivity index (χ4v) is 8.75. The van der Waals surface area contributed by atoms with Gasteiger partial charge in [-0.05, 0) is 60.7 Å². The Morgan fingerprint density at radius 1 is 0.455 bits per heavy atom. The van der Waals surface area contributed by atoms with E-state index in [1.165, 1.54) is 21.9 Å². The third kappa shape index (κ3) is 3.18. The molecule has 0 radical (unpaired) electrons. The minimum Gasteiger partial charge on any atom is -0.271 e. The van der Waals surface area contributed by atoms with Crippen LogP contribution in [-0.4, -0.2) is 45.5 Å². The zero-order valence-corrected chi connectivity index (χ0v) is 24.0. The van der Waals surface area contributed by atoms with Gasteiger partial charge in [-0.1, -0.05) is 50.7 Å². The molecule has 5 aromatic carbocycles. The molecule has 0 N–H and O–H groups in total. The van der Waals surface area contributed by atoms with Crippen LogP contribution in [-0.2, 0) is 0 Å². The Kier molecular flexibility index (Phi) is 5.34. The molecule has 4 amide bonds. The maximum atomic E-state index is 16.4. The Bertz CT molecular complexity index is 2010. The molecule has 0 atom stereocenters. The fraction of sp³-hybridized carbons (Fsp3) is 0.333.